The van der Waals surface area contributed by atoms with Crippen molar-refractivity contribution >= 4 is 45.9 Å². The van der Waals surface area contributed by atoms with Gasteiger partial charge in [0.2, 0.25) is 0 Å². The molecule has 1 amide bonds. The molecule has 5 aromatic rings. The molecule has 0 radical (unpaired) electrons. The first-order valence-corrected chi connectivity index (χ1v) is 12.3. The topological polar surface area (TPSA) is 132 Å². The van der Waals surface area contributed by atoms with Crippen molar-refractivity contribution in [1.29, 1.82) is 5.26 Å². The van der Waals surface area contributed by atoms with E-state index < -0.39 is 5.41 Å². The van der Waals surface area contributed by atoms with Crippen molar-refractivity contribution in [3.63, 3.8) is 0 Å². The van der Waals surface area contributed by atoms with Gasteiger partial charge >= 0.3 is 0 Å². The van der Waals surface area contributed by atoms with Crippen molar-refractivity contribution in [3.8, 4) is 17.3 Å². The fourth-order valence-electron chi connectivity index (χ4n) is 4.42. The molecule has 0 atom stereocenters. The molecular formula is C28H21ClN8O. The predicted octanol–water partition coefficient (Wildman–Crippen LogP) is 5.93. The fraction of sp³-hybridized carbons (Fsp3) is 0.143. The Balaban J connectivity index is 1.28. The summed E-state index contributed by atoms with van der Waals surface area (Å²) in [5.41, 5.74) is 5.61. The number of aromatic nitrogens is 5. The molecule has 3 aromatic heterocycles. The second-order valence-electron chi connectivity index (χ2n) is 9.22. The molecule has 1 fully saturated rings. The van der Waals surface area contributed by atoms with Gasteiger partial charge in [0.15, 0.2) is 5.65 Å². The molecule has 1 aliphatic rings. The number of aromatic amines is 1. The summed E-state index contributed by atoms with van der Waals surface area (Å²) >= 11 is 6.35. The number of halogens is 1. The van der Waals surface area contributed by atoms with Gasteiger partial charge in [-0.25, -0.2) is 19.9 Å². The fourth-order valence-corrected chi connectivity index (χ4v) is 4.72. The first-order valence-electron chi connectivity index (χ1n) is 12.0. The van der Waals surface area contributed by atoms with Crippen LogP contribution in [0, 0.1) is 18.3 Å². The Morgan fingerprint density at radius 1 is 1.11 bits per heavy atom. The van der Waals surface area contributed by atoms with Gasteiger partial charge in [0.1, 0.15) is 23.4 Å². The molecule has 1 aliphatic carbocycles. The first kappa shape index (κ1) is 23.6. The minimum absolute atomic E-state index is 0.285. The summed E-state index contributed by atoms with van der Waals surface area (Å²) in [5, 5.41) is 16.4. The van der Waals surface area contributed by atoms with Gasteiger partial charge in [0.05, 0.1) is 17.8 Å². The van der Waals surface area contributed by atoms with Crippen molar-refractivity contribution in [2.75, 3.05) is 10.6 Å². The van der Waals surface area contributed by atoms with E-state index in [0.717, 1.165) is 29.7 Å². The van der Waals surface area contributed by atoms with Gasteiger partial charge in [0.25, 0.3) is 5.91 Å². The largest absolute Gasteiger partial charge is 0.339 e. The maximum atomic E-state index is 13.1. The first-order chi connectivity index (χ1) is 18.5. The Kier molecular flexibility index (Phi) is 5.74. The summed E-state index contributed by atoms with van der Waals surface area (Å²) in [4.78, 5) is 33.7. The van der Waals surface area contributed by atoms with Crippen molar-refractivity contribution in [2.45, 2.75) is 25.2 Å². The summed E-state index contributed by atoms with van der Waals surface area (Å²) in [6.45, 7) is 1.97. The van der Waals surface area contributed by atoms with Gasteiger partial charge in [-0.1, -0.05) is 17.7 Å². The Labute approximate surface area is 223 Å². The quantitative estimate of drug-likeness (QED) is 0.253. The number of amides is 1. The zero-order valence-corrected chi connectivity index (χ0v) is 21.0. The Bertz CT molecular complexity index is 1750. The standard InChI is InChI=1S/C28H21ClN8O/c1-16-4-6-18(36-27(38)17-5-7-21(29)20(11-17)28(13-30)8-9-28)12-22(16)37-25-19(3-2-10-31-25)23-24-26(34-14-32-23)35-15-33-24/h2-7,10-12,14-15H,8-9H2,1H3,(H,31,37)(H,36,38)(H,32,33,34,35). The summed E-state index contributed by atoms with van der Waals surface area (Å²) in [7, 11) is 0. The Morgan fingerprint density at radius 2 is 1.97 bits per heavy atom. The lowest BCUT2D eigenvalue weighted by atomic mass is 9.95. The van der Waals surface area contributed by atoms with Crippen LogP contribution in [0.15, 0.2) is 67.4 Å². The molecule has 10 heteroatoms. The molecule has 0 spiro atoms. The van der Waals surface area contributed by atoms with Crippen molar-refractivity contribution in [2.24, 2.45) is 0 Å². The van der Waals surface area contributed by atoms with Crippen LogP contribution in [-0.2, 0) is 5.41 Å². The number of fused-ring (bicyclic) bond motifs is 1. The van der Waals surface area contributed by atoms with E-state index >= 15 is 0 Å². The predicted molar refractivity (Wildman–Crippen MR) is 145 cm³/mol. The Hall–Kier alpha value is -4.81. The normalized spacial score (nSPS) is 13.6. The van der Waals surface area contributed by atoms with Crippen LogP contribution in [0.25, 0.3) is 22.4 Å². The average Bonchev–Trinajstić information content (AvgIpc) is 3.58. The van der Waals surface area contributed by atoms with Crippen LogP contribution >= 0.6 is 11.6 Å². The van der Waals surface area contributed by atoms with Crippen LogP contribution in [-0.4, -0.2) is 30.8 Å². The van der Waals surface area contributed by atoms with E-state index in [2.05, 4.69) is 41.6 Å². The molecule has 1 saturated carbocycles. The lowest BCUT2D eigenvalue weighted by molar-refractivity contribution is 0.102. The molecule has 3 heterocycles. The maximum absolute atomic E-state index is 13.1. The summed E-state index contributed by atoms with van der Waals surface area (Å²) in [6, 6.07) is 16.8. The number of imidazole rings is 1. The molecule has 0 saturated heterocycles. The van der Waals surface area contributed by atoms with Crippen LogP contribution in [0.2, 0.25) is 5.02 Å². The second kappa shape index (κ2) is 9.25. The number of carbonyl (C=O) groups is 1. The van der Waals surface area contributed by atoms with Gasteiger partial charge in [-0.05, 0) is 73.4 Å². The SMILES string of the molecule is Cc1ccc(NC(=O)c2ccc(Cl)c(C3(C#N)CC3)c2)cc1Nc1ncccc1-c1ncnc2[nH]cnc12. The molecule has 0 unspecified atom stereocenters. The highest BCUT2D eigenvalue weighted by atomic mass is 35.5. The van der Waals surface area contributed by atoms with Crippen LogP contribution in [0.3, 0.4) is 0 Å². The number of rotatable bonds is 6. The van der Waals surface area contributed by atoms with E-state index in [4.69, 9.17) is 11.6 Å². The number of pyridine rings is 1. The number of H-pyrrole nitrogens is 1. The molecule has 0 aliphatic heterocycles. The second-order valence-corrected chi connectivity index (χ2v) is 9.63. The number of benzene rings is 2. The number of hydrogen-bond acceptors (Lipinski definition) is 7. The summed E-state index contributed by atoms with van der Waals surface area (Å²) < 4.78 is 0. The molecule has 186 valence electrons. The minimum Gasteiger partial charge on any atom is -0.339 e. The smallest absolute Gasteiger partial charge is 0.255 e. The third-order valence-electron chi connectivity index (χ3n) is 6.74. The highest BCUT2D eigenvalue weighted by molar-refractivity contribution is 6.31. The van der Waals surface area contributed by atoms with Crippen molar-refractivity contribution in [1.82, 2.24) is 24.9 Å². The van der Waals surface area contributed by atoms with Crippen LogP contribution < -0.4 is 10.6 Å². The summed E-state index contributed by atoms with van der Waals surface area (Å²) in [6.07, 6.45) is 6.26. The number of nitrogens with one attached hydrogen (secondary N) is 3. The molecule has 3 N–H and O–H groups in total. The van der Waals surface area contributed by atoms with Gasteiger partial charge in [-0.15, -0.1) is 0 Å². The number of carbonyl (C=O) groups excluding carboxylic acids is 1. The minimum atomic E-state index is -0.583. The third-order valence-corrected chi connectivity index (χ3v) is 7.07. The Morgan fingerprint density at radius 3 is 2.79 bits per heavy atom. The van der Waals surface area contributed by atoms with E-state index in [9.17, 15) is 10.1 Å². The van der Waals surface area contributed by atoms with E-state index in [-0.39, 0.29) is 5.91 Å². The third kappa shape index (κ3) is 4.21. The number of nitrogens with zero attached hydrogens (tertiary/aromatic N) is 5. The van der Waals surface area contributed by atoms with Crippen LogP contribution in [0.1, 0.15) is 34.3 Å². The van der Waals surface area contributed by atoms with Crippen LogP contribution in [0.4, 0.5) is 17.2 Å². The van der Waals surface area contributed by atoms with Crippen LogP contribution in [0.5, 0.6) is 0 Å². The molecule has 0 bridgehead atoms. The van der Waals surface area contributed by atoms with Crippen molar-refractivity contribution in [3.05, 3.63) is 89.1 Å². The lowest BCUT2D eigenvalue weighted by Gasteiger charge is -2.15. The molecule has 2 aromatic carbocycles. The van der Waals surface area contributed by atoms with Gasteiger partial charge in [0, 0.05) is 33.7 Å². The van der Waals surface area contributed by atoms with E-state index in [1.807, 2.05) is 37.3 Å². The average molecular weight is 521 g/mol. The number of hydrogen-bond donors (Lipinski definition) is 3. The number of aryl methyl sites for hydroxylation is 1. The lowest BCUT2D eigenvalue weighted by Crippen LogP contribution is -2.14. The van der Waals surface area contributed by atoms with Gasteiger partial charge < -0.3 is 15.6 Å². The highest BCUT2D eigenvalue weighted by Gasteiger charge is 2.46. The van der Waals surface area contributed by atoms with Gasteiger partial charge in [-0.2, -0.15) is 5.26 Å². The zero-order valence-electron chi connectivity index (χ0n) is 20.3. The molecule has 38 heavy (non-hydrogen) atoms. The maximum Gasteiger partial charge on any atom is 0.255 e. The zero-order chi connectivity index (χ0) is 26.3. The van der Waals surface area contributed by atoms with E-state index in [1.165, 1.54) is 6.33 Å². The molecule has 6 rings (SSSR count). The summed E-state index contributed by atoms with van der Waals surface area (Å²) in [5.74, 6) is 0.308. The van der Waals surface area contributed by atoms with E-state index in [0.29, 0.717) is 44.5 Å². The van der Waals surface area contributed by atoms with Crippen molar-refractivity contribution < 1.29 is 4.79 Å². The molecular weight excluding hydrogens is 500 g/mol. The number of anilines is 3. The van der Waals surface area contributed by atoms with E-state index in [1.54, 1.807) is 30.7 Å². The van der Waals surface area contributed by atoms with Gasteiger partial charge in [-0.3, -0.25) is 4.79 Å². The highest BCUT2D eigenvalue weighted by Crippen LogP contribution is 2.50. The monoisotopic (exact) mass is 520 g/mol. The number of nitriles is 1. The molecule has 9 nitrogen and oxygen atoms in total.